The SMILES string of the molecule is Cc1ccc(O)c(C(=O)Cc2nnn[n-]2)c1. The maximum absolute atomic E-state index is 11.8. The molecule has 0 aliphatic carbocycles. The summed E-state index contributed by atoms with van der Waals surface area (Å²) in [6.07, 6.45) is -0.00991. The van der Waals surface area contributed by atoms with Crippen molar-refractivity contribution in [2.45, 2.75) is 13.3 Å². The molecule has 0 atom stereocenters. The number of carbonyl (C=O) groups is 1. The number of tetrazole rings is 1. The van der Waals surface area contributed by atoms with Crippen molar-refractivity contribution in [3.63, 3.8) is 0 Å². The first-order valence-corrected chi connectivity index (χ1v) is 4.67. The van der Waals surface area contributed by atoms with Gasteiger partial charge in [0.1, 0.15) is 5.75 Å². The molecule has 1 heterocycles. The Hall–Kier alpha value is -2.24. The quantitative estimate of drug-likeness (QED) is 0.742. The zero-order valence-electron chi connectivity index (χ0n) is 8.58. The van der Waals surface area contributed by atoms with Gasteiger partial charge in [-0.25, -0.2) is 0 Å². The van der Waals surface area contributed by atoms with Gasteiger partial charge in [0.25, 0.3) is 0 Å². The summed E-state index contributed by atoms with van der Waals surface area (Å²) in [6, 6.07) is 4.85. The molecule has 6 heteroatoms. The molecule has 16 heavy (non-hydrogen) atoms. The van der Waals surface area contributed by atoms with Gasteiger partial charge in [-0.2, -0.15) is 5.21 Å². The van der Waals surface area contributed by atoms with Crippen LogP contribution in [0, 0.1) is 6.92 Å². The average molecular weight is 217 g/mol. The van der Waals surface area contributed by atoms with Crippen molar-refractivity contribution in [3.05, 3.63) is 35.2 Å². The van der Waals surface area contributed by atoms with Crippen LogP contribution in [0.25, 0.3) is 0 Å². The van der Waals surface area contributed by atoms with Crippen molar-refractivity contribution in [3.8, 4) is 5.75 Å². The second kappa shape index (κ2) is 4.09. The van der Waals surface area contributed by atoms with Gasteiger partial charge in [-0.3, -0.25) is 15.1 Å². The molecular formula is C10H9N4O2-. The first-order valence-electron chi connectivity index (χ1n) is 4.67. The fourth-order valence-corrected chi connectivity index (χ4v) is 1.35. The zero-order valence-corrected chi connectivity index (χ0v) is 8.58. The highest BCUT2D eigenvalue weighted by Crippen LogP contribution is 2.19. The standard InChI is InChI=1S/C10H10N4O2/c1-6-2-3-8(15)7(4-6)9(16)5-10-11-13-14-12-10/h2-4H,5H2,1H3,(H2,11,12,13,14,15,16)/p-1. The Balaban J connectivity index is 2.24. The summed E-state index contributed by atoms with van der Waals surface area (Å²) in [6.45, 7) is 1.85. The summed E-state index contributed by atoms with van der Waals surface area (Å²) in [4.78, 5) is 11.8. The first kappa shape index (κ1) is 10.3. The monoisotopic (exact) mass is 217 g/mol. The summed E-state index contributed by atoms with van der Waals surface area (Å²) in [5.74, 6) is -0.0371. The van der Waals surface area contributed by atoms with Crippen molar-refractivity contribution in [1.29, 1.82) is 0 Å². The number of phenolic OH excluding ortho intramolecular Hbond substituents is 1. The van der Waals surface area contributed by atoms with Gasteiger partial charge in [0, 0.05) is 12.2 Å². The molecule has 0 spiro atoms. The van der Waals surface area contributed by atoms with E-state index in [0.29, 0.717) is 0 Å². The number of carbonyl (C=O) groups excluding carboxylic acids is 1. The second-order valence-corrected chi connectivity index (χ2v) is 3.42. The molecular weight excluding hydrogens is 208 g/mol. The van der Waals surface area contributed by atoms with Crippen molar-refractivity contribution < 1.29 is 9.90 Å². The van der Waals surface area contributed by atoms with E-state index in [9.17, 15) is 9.90 Å². The fourth-order valence-electron chi connectivity index (χ4n) is 1.35. The van der Waals surface area contributed by atoms with E-state index in [1.165, 1.54) is 6.07 Å². The van der Waals surface area contributed by atoms with E-state index in [1.807, 2.05) is 6.92 Å². The summed E-state index contributed by atoms with van der Waals surface area (Å²) in [5, 5.41) is 23.2. The van der Waals surface area contributed by atoms with Crippen molar-refractivity contribution in [2.75, 3.05) is 0 Å². The van der Waals surface area contributed by atoms with Gasteiger partial charge in [-0.15, -0.1) is 0 Å². The van der Waals surface area contributed by atoms with Crippen LogP contribution in [-0.4, -0.2) is 26.4 Å². The number of hydrogen-bond acceptors (Lipinski definition) is 5. The Morgan fingerprint density at radius 2 is 2.31 bits per heavy atom. The number of aromatic hydroxyl groups is 1. The predicted molar refractivity (Wildman–Crippen MR) is 54.0 cm³/mol. The topological polar surface area (TPSA) is 90.1 Å². The van der Waals surface area contributed by atoms with Crippen LogP contribution in [0.2, 0.25) is 0 Å². The molecule has 1 N–H and O–H groups in total. The molecule has 82 valence electrons. The lowest BCUT2D eigenvalue weighted by Gasteiger charge is -2.04. The molecule has 1 aromatic heterocycles. The lowest BCUT2D eigenvalue weighted by Crippen LogP contribution is -2.06. The molecule has 0 bridgehead atoms. The molecule has 1 aromatic carbocycles. The second-order valence-electron chi connectivity index (χ2n) is 3.42. The minimum absolute atomic E-state index is 0.00991. The Morgan fingerprint density at radius 1 is 1.50 bits per heavy atom. The van der Waals surface area contributed by atoms with E-state index in [1.54, 1.807) is 12.1 Å². The minimum Gasteiger partial charge on any atom is -0.507 e. The Kier molecular flexibility index (Phi) is 2.63. The number of hydrogen-bond donors (Lipinski definition) is 1. The molecule has 0 fully saturated rings. The Bertz CT molecular complexity index is 508. The number of rotatable bonds is 3. The molecule has 0 unspecified atom stereocenters. The summed E-state index contributed by atoms with van der Waals surface area (Å²) in [5.41, 5.74) is 1.17. The van der Waals surface area contributed by atoms with Crippen LogP contribution in [0.15, 0.2) is 18.2 Å². The highest BCUT2D eigenvalue weighted by atomic mass is 16.3. The van der Waals surface area contributed by atoms with Crippen LogP contribution in [0.1, 0.15) is 21.7 Å². The van der Waals surface area contributed by atoms with Gasteiger partial charge in [-0.1, -0.05) is 11.6 Å². The molecule has 0 saturated carbocycles. The zero-order chi connectivity index (χ0) is 11.5. The fraction of sp³-hybridized carbons (Fsp3) is 0.200. The number of aromatic nitrogens is 4. The lowest BCUT2D eigenvalue weighted by molar-refractivity contribution is 0.0988. The Morgan fingerprint density at radius 3 is 3.00 bits per heavy atom. The lowest BCUT2D eigenvalue weighted by atomic mass is 10.0. The molecule has 2 rings (SSSR count). The van der Waals surface area contributed by atoms with Gasteiger partial charge in [0.2, 0.25) is 0 Å². The van der Waals surface area contributed by atoms with E-state index >= 15 is 0 Å². The highest BCUT2D eigenvalue weighted by Gasteiger charge is 2.11. The third-order valence-corrected chi connectivity index (χ3v) is 2.13. The van der Waals surface area contributed by atoms with Gasteiger partial charge < -0.3 is 10.2 Å². The van der Waals surface area contributed by atoms with Gasteiger partial charge >= 0.3 is 0 Å². The predicted octanol–water partition coefficient (Wildman–Crippen LogP) is 0.268. The number of Topliss-reactive ketones (excluding diaryl/α,β-unsaturated/α-hetero) is 1. The third kappa shape index (κ3) is 2.05. The largest absolute Gasteiger partial charge is 0.507 e. The molecule has 0 radical (unpaired) electrons. The van der Waals surface area contributed by atoms with Gasteiger partial charge in [0.05, 0.1) is 5.56 Å². The van der Waals surface area contributed by atoms with E-state index in [2.05, 4.69) is 20.6 Å². The smallest absolute Gasteiger partial charge is 0.171 e. The van der Waals surface area contributed by atoms with Crippen LogP contribution in [-0.2, 0) is 6.42 Å². The highest BCUT2D eigenvalue weighted by molar-refractivity contribution is 5.99. The average Bonchev–Trinajstić information content (AvgIpc) is 2.74. The normalized spacial score (nSPS) is 10.3. The molecule has 0 aliphatic rings. The van der Waals surface area contributed by atoms with Crippen molar-refractivity contribution >= 4 is 5.78 Å². The number of nitrogens with zero attached hydrogens (tertiary/aromatic N) is 4. The van der Waals surface area contributed by atoms with Crippen molar-refractivity contribution in [2.24, 2.45) is 0 Å². The number of benzene rings is 1. The van der Waals surface area contributed by atoms with E-state index in [0.717, 1.165) is 5.56 Å². The maximum atomic E-state index is 11.8. The van der Waals surface area contributed by atoms with Crippen molar-refractivity contribution in [1.82, 2.24) is 20.6 Å². The molecule has 0 aliphatic heterocycles. The number of phenols is 1. The van der Waals surface area contributed by atoms with Crippen LogP contribution in [0.3, 0.4) is 0 Å². The molecule has 2 aromatic rings. The van der Waals surface area contributed by atoms with Gasteiger partial charge in [0.15, 0.2) is 5.78 Å². The summed E-state index contributed by atoms with van der Waals surface area (Å²) in [7, 11) is 0. The summed E-state index contributed by atoms with van der Waals surface area (Å²) < 4.78 is 0. The molecule has 0 amide bonds. The number of aryl methyl sites for hydroxylation is 1. The Labute approximate surface area is 91.3 Å². The number of ketones is 1. The van der Waals surface area contributed by atoms with E-state index < -0.39 is 0 Å². The summed E-state index contributed by atoms with van der Waals surface area (Å²) >= 11 is 0. The van der Waals surface area contributed by atoms with E-state index in [-0.39, 0.29) is 29.3 Å². The van der Waals surface area contributed by atoms with Crippen LogP contribution in [0.5, 0.6) is 5.75 Å². The van der Waals surface area contributed by atoms with Gasteiger partial charge in [-0.05, 0) is 19.1 Å². The van der Waals surface area contributed by atoms with Crippen LogP contribution < -0.4 is 5.10 Å². The third-order valence-electron chi connectivity index (χ3n) is 2.13. The van der Waals surface area contributed by atoms with Crippen LogP contribution in [0.4, 0.5) is 0 Å². The first-order chi connectivity index (χ1) is 7.66. The molecule has 6 nitrogen and oxygen atoms in total. The maximum Gasteiger partial charge on any atom is 0.171 e. The van der Waals surface area contributed by atoms with E-state index in [4.69, 9.17) is 0 Å². The minimum atomic E-state index is -0.254. The molecule has 0 saturated heterocycles. The van der Waals surface area contributed by atoms with Crippen LogP contribution >= 0.6 is 0 Å².